The van der Waals surface area contributed by atoms with Gasteiger partial charge in [0.25, 0.3) is 0 Å². The lowest BCUT2D eigenvalue weighted by molar-refractivity contribution is -0.125. The second-order valence-electron chi connectivity index (χ2n) is 5.93. The van der Waals surface area contributed by atoms with E-state index < -0.39 is 12.0 Å². The number of benzene rings is 1. The standard InChI is InChI=1S/C14H18N4O3/c1-8(12(19)15-14(2,3)4)18-11-9(13(20)21)6-5-7-10(11)16-17-18/h5-8H,1-4H3,(H,15,19)(H,20,21). The highest BCUT2D eigenvalue weighted by Gasteiger charge is 2.25. The number of para-hydroxylation sites is 1. The molecule has 1 aromatic heterocycles. The number of nitrogens with one attached hydrogen (secondary N) is 1. The Hall–Kier alpha value is -2.44. The van der Waals surface area contributed by atoms with E-state index in [2.05, 4.69) is 15.6 Å². The van der Waals surface area contributed by atoms with Gasteiger partial charge in [0.15, 0.2) is 0 Å². The van der Waals surface area contributed by atoms with Gasteiger partial charge in [-0.25, -0.2) is 9.48 Å². The Morgan fingerprint density at radius 3 is 2.57 bits per heavy atom. The molecule has 7 nitrogen and oxygen atoms in total. The van der Waals surface area contributed by atoms with Gasteiger partial charge in [-0.1, -0.05) is 11.3 Å². The molecular formula is C14H18N4O3. The first-order valence-electron chi connectivity index (χ1n) is 6.60. The van der Waals surface area contributed by atoms with Gasteiger partial charge >= 0.3 is 5.97 Å². The van der Waals surface area contributed by atoms with Crippen LogP contribution in [0.25, 0.3) is 11.0 Å². The number of carboxylic acid groups (broad SMARTS) is 1. The number of aromatic carboxylic acids is 1. The predicted molar refractivity (Wildman–Crippen MR) is 77.1 cm³/mol. The zero-order valence-electron chi connectivity index (χ0n) is 12.4. The highest BCUT2D eigenvalue weighted by Crippen LogP contribution is 2.20. The van der Waals surface area contributed by atoms with Crippen molar-refractivity contribution in [2.24, 2.45) is 0 Å². The Labute approximate surface area is 121 Å². The summed E-state index contributed by atoms with van der Waals surface area (Å²) in [4.78, 5) is 23.6. The molecule has 7 heteroatoms. The molecule has 2 N–H and O–H groups in total. The minimum atomic E-state index is -1.08. The molecule has 0 radical (unpaired) electrons. The van der Waals surface area contributed by atoms with Gasteiger partial charge in [-0.3, -0.25) is 4.79 Å². The third-order valence-electron chi connectivity index (χ3n) is 2.97. The monoisotopic (exact) mass is 290 g/mol. The number of carbonyl (C=O) groups is 2. The Morgan fingerprint density at radius 1 is 1.33 bits per heavy atom. The fraction of sp³-hybridized carbons (Fsp3) is 0.429. The average molecular weight is 290 g/mol. The van der Waals surface area contributed by atoms with Crippen LogP contribution in [0.4, 0.5) is 0 Å². The first-order valence-corrected chi connectivity index (χ1v) is 6.60. The van der Waals surface area contributed by atoms with Crippen LogP contribution < -0.4 is 5.32 Å². The van der Waals surface area contributed by atoms with Crippen LogP contribution in [-0.2, 0) is 4.79 Å². The minimum Gasteiger partial charge on any atom is -0.478 e. The largest absolute Gasteiger partial charge is 0.478 e. The molecule has 0 spiro atoms. The maximum Gasteiger partial charge on any atom is 0.337 e. The molecule has 0 saturated heterocycles. The van der Waals surface area contributed by atoms with Crippen LogP contribution in [0.1, 0.15) is 44.1 Å². The summed E-state index contributed by atoms with van der Waals surface area (Å²) in [5.41, 5.74) is 0.497. The van der Waals surface area contributed by atoms with E-state index in [1.165, 1.54) is 10.7 Å². The van der Waals surface area contributed by atoms with Crippen molar-refractivity contribution in [2.45, 2.75) is 39.3 Å². The molecule has 2 rings (SSSR count). The maximum atomic E-state index is 12.2. The molecule has 1 amide bonds. The minimum absolute atomic E-state index is 0.0768. The molecule has 0 bridgehead atoms. The number of carboxylic acids is 1. The Balaban J connectivity index is 2.47. The maximum absolute atomic E-state index is 12.2. The number of hydrogen-bond acceptors (Lipinski definition) is 4. The highest BCUT2D eigenvalue weighted by molar-refractivity contribution is 6.01. The molecule has 1 unspecified atom stereocenters. The van der Waals surface area contributed by atoms with Crippen LogP contribution in [0.3, 0.4) is 0 Å². The second kappa shape index (κ2) is 5.16. The van der Waals surface area contributed by atoms with Crippen LogP contribution in [0.2, 0.25) is 0 Å². The van der Waals surface area contributed by atoms with Gasteiger partial charge in [-0.2, -0.15) is 0 Å². The fourth-order valence-electron chi connectivity index (χ4n) is 2.02. The van der Waals surface area contributed by atoms with Crippen molar-refractivity contribution >= 4 is 22.9 Å². The molecule has 2 aromatic rings. The van der Waals surface area contributed by atoms with E-state index in [0.717, 1.165) is 0 Å². The average Bonchev–Trinajstić information content (AvgIpc) is 2.79. The van der Waals surface area contributed by atoms with Gasteiger partial charge in [-0.15, -0.1) is 5.10 Å². The number of aromatic nitrogens is 3. The number of rotatable bonds is 3. The molecule has 21 heavy (non-hydrogen) atoms. The molecule has 1 aromatic carbocycles. The molecule has 1 heterocycles. The fourth-order valence-corrected chi connectivity index (χ4v) is 2.02. The van der Waals surface area contributed by atoms with E-state index in [4.69, 9.17) is 0 Å². The summed E-state index contributed by atoms with van der Waals surface area (Å²) >= 11 is 0. The van der Waals surface area contributed by atoms with Gasteiger partial charge in [0, 0.05) is 5.54 Å². The van der Waals surface area contributed by atoms with Crippen LogP contribution in [0.5, 0.6) is 0 Å². The van der Waals surface area contributed by atoms with E-state index in [0.29, 0.717) is 11.0 Å². The van der Waals surface area contributed by atoms with Crippen molar-refractivity contribution in [3.63, 3.8) is 0 Å². The molecule has 0 aliphatic heterocycles. The van der Waals surface area contributed by atoms with E-state index in [-0.39, 0.29) is 17.0 Å². The lowest BCUT2D eigenvalue weighted by Crippen LogP contribution is -2.44. The Bertz CT molecular complexity index is 700. The summed E-state index contributed by atoms with van der Waals surface area (Å²) in [6, 6.07) is 4.08. The number of carbonyl (C=O) groups excluding carboxylic acids is 1. The van der Waals surface area contributed by atoms with Crippen molar-refractivity contribution in [1.82, 2.24) is 20.3 Å². The van der Waals surface area contributed by atoms with Gasteiger partial charge in [0.2, 0.25) is 5.91 Å². The number of nitrogens with zero attached hydrogens (tertiary/aromatic N) is 3. The van der Waals surface area contributed by atoms with Crippen molar-refractivity contribution in [2.75, 3.05) is 0 Å². The van der Waals surface area contributed by atoms with Gasteiger partial charge < -0.3 is 10.4 Å². The highest BCUT2D eigenvalue weighted by atomic mass is 16.4. The van der Waals surface area contributed by atoms with Gasteiger partial charge in [0.1, 0.15) is 17.1 Å². The van der Waals surface area contributed by atoms with Crippen LogP contribution in [0, 0.1) is 0 Å². The van der Waals surface area contributed by atoms with Gasteiger partial charge in [-0.05, 0) is 39.8 Å². The van der Waals surface area contributed by atoms with E-state index in [9.17, 15) is 14.7 Å². The molecule has 0 fully saturated rings. The number of amides is 1. The quantitative estimate of drug-likeness (QED) is 0.895. The third kappa shape index (κ3) is 3.01. The molecule has 1 atom stereocenters. The van der Waals surface area contributed by atoms with Crippen molar-refractivity contribution < 1.29 is 14.7 Å². The second-order valence-corrected chi connectivity index (χ2v) is 5.93. The zero-order chi connectivity index (χ0) is 15.8. The summed E-state index contributed by atoms with van der Waals surface area (Å²) in [5.74, 6) is -1.32. The summed E-state index contributed by atoms with van der Waals surface area (Å²) < 4.78 is 1.35. The summed E-state index contributed by atoms with van der Waals surface area (Å²) in [6.07, 6.45) is 0. The van der Waals surface area contributed by atoms with Crippen molar-refractivity contribution in [1.29, 1.82) is 0 Å². The SMILES string of the molecule is CC(C(=O)NC(C)(C)C)n1nnc2cccc(C(=O)O)c21. The van der Waals surface area contributed by atoms with Gasteiger partial charge in [0.05, 0.1) is 5.56 Å². The van der Waals surface area contributed by atoms with Crippen LogP contribution >= 0.6 is 0 Å². The first-order chi connectivity index (χ1) is 9.70. The van der Waals surface area contributed by atoms with E-state index in [1.54, 1.807) is 19.1 Å². The molecule has 0 aliphatic rings. The van der Waals surface area contributed by atoms with E-state index >= 15 is 0 Å². The number of hydrogen-bond donors (Lipinski definition) is 2. The van der Waals surface area contributed by atoms with E-state index in [1.807, 2.05) is 20.8 Å². The topological polar surface area (TPSA) is 97.1 Å². The summed E-state index contributed by atoms with van der Waals surface area (Å²) in [6.45, 7) is 7.28. The molecule has 0 saturated carbocycles. The third-order valence-corrected chi connectivity index (χ3v) is 2.97. The normalized spacial score (nSPS) is 13.1. The summed E-state index contributed by atoms with van der Waals surface area (Å²) in [7, 11) is 0. The Morgan fingerprint density at radius 2 is 2.00 bits per heavy atom. The first kappa shape index (κ1) is 15.0. The van der Waals surface area contributed by atoms with Crippen LogP contribution in [-0.4, -0.2) is 37.5 Å². The lowest BCUT2D eigenvalue weighted by Gasteiger charge is -2.23. The Kier molecular flexibility index (Phi) is 3.67. The molecular weight excluding hydrogens is 272 g/mol. The molecule has 112 valence electrons. The van der Waals surface area contributed by atoms with Crippen molar-refractivity contribution in [3.8, 4) is 0 Å². The lowest BCUT2D eigenvalue weighted by atomic mass is 10.1. The number of fused-ring (bicyclic) bond motifs is 1. The molecule has 0 aliphatic carbocycles. The van der Waals surface area contributed by atoms with Crippen LogP contribution in [0.15, 0.2) is 18.2 Å². The van der Waals surface area contributed by atoms with Crippen molar-refractivity contribution in [3.05, 3.63) is 23.8 Å². The summed E-state index contributed by atoms with van der Waals surface area (Å²) in [5, 5.41) is 20.0. The predicted octanol–water partition coefficient (Wildman–Crippen LogP) is 1.61. The smallest absolute Gasteiger partial charge is 0.337 e. The zero-order valence-corrected chi connectivity index (χ0v) is 12.4.